The largest absolute Gasteiger partial charge is 0.418 e. The lowest BCUT2D eigenvalue weighted by Gasteiger charge is -2.29. The highest BCUT2D eigenvalue weighted by atomic mass is 32.2. The second-order valence-corrected chi connectivity index (χ2v) is 8.14. The Hall–Kier alpha value is -1.25. The second-order valence-electron chi connectivity index (χ2n) is 6.16. The summed E-state index contributed by atoms with van der Waals surface area (Å²) in [5.74, 6) is 0.692. The Morgan fingerprint density at radius 2 is 2.05 bits per heavy atom. The van der Waals surface area contributed by atoms with Gasteiger partial charge in [-0.05, 0) is 11.5 Å². The normalized spacial score (nSPS) is 22.0. The van der Waals surface area contributed by atoms with Crippen molar-refractivity contribution in [1.82, 2.24) is 14.5 Å². The molecule has 2 rings (SSSR count). The molecule has 7 nitrogen and oxygen atoms in total. The van der Waals surface area contributed by atoms with Crippen LogP contribution in [0.5, 0.6) is 0 Å². The van der Waals surface area contributed by atoms with Crippen LogP contribution in [0, 0.1) is 5.41 Å². The van der Waals surface area contributed by atoms with E-state index in [0.717, 1.165) is 0 Å². The lowest BCUT2D eigenvalue weighted by molar-refractivity contribution is -0.0172. The number of allylic oxidation sites excluding steroid dienone is 1. The maximum atomic E-state index is 11.6. The summed E-state index contributed by atoms with van der Waals surface area (Å²) in [7, 11) is -3.24. The van der Waals surface area contributed by atoms with Gasteiger partial charge in [-0.2, -0.15) is 4.31 Å². The predicted octanol–water partition coefficient (Wildman–Crippen LogP) is 1.46. The fourth-order valence-electron chi connectivity index (χ4n) is 1.84. The van der Waals surface area contributed by atoms with E-state index in [0.29, 0.717) is 24.9 Å². The van der Waals surface area contributed by atoms with Gasteiger partial charge in [0.2, 0.25) is 21.8 Å². The fraction of sp³-hybridized carbons (Fsp3) is 0.692. The van der Waals surface area contributed by atoms with E-state index in [1.165, 1.54) is 10.6 Å². The highest BCUT2D eigenvalue weighted by molar-refractivity contribution is 7.88. The van der Waals surface area contributed by atoms with Crippen molar-refractivity contribution in [1.29, 1.82) is 0 Å². The van der Waals surface area contributed by atoms with E-state index in [2.05, 4.69) is 31.0 Å². The predicted molar refractivity (Wildman–Crippen MR) is 77.9 cm³/mol. The van der Waals surface area contributed by atoms with Gasteiger partial charge in [0.15, 0.2) is 0 Å². The second kappa shape index (κ2) is 5.86. The van der Waals surface area contributed by atoms with Gasteiger partial charge in [-0.3, -0.25) is 0 Å². The molecule has 1 fully saturated rings. The third-order valence-electron chi connectivity index (χ3n) is 2.96. The van der Waals surface area contributed by atoms with Crippen molar-refractivity contribution < 1.29 is 17.6 Å². The van der Waals surface area contributed by atoms with Crippen molar-refractivity contribution in [3.63, 3.8) is 0 Å². The summed E-state index contributed by atoms with van der Waals surface area (Å²) >= 11 is 0. The Morgan fingerprint density at radius 3 is 2.67 bits per heavy atom. The minimum absolute atomic E-state index is 0.0169. The molecule has 1 atom stereocenters. The third-order valence-corrected chi connectivity index (χ3v) is 4.23. The molecule has 1 aromatic rings. The zero-order valence-electron chi connectivity index (χ0n) is 12.7. The highest BCUT2D eigenvalue weighted by Crippen LogP contribution is 2.23. The van der Waals surface area contributed by atoms with Crippen LogP contribution in [0.3, 0.4) is 0 Å². The van der Waals surface area contributed by atoms with Crippen molar-refractivity contribution in [3.8, 4) is 0 Å². The Kier molecular flexibility index (Phi) is 4.50. The Bertz CT molecular complexity index is 616. The highest BCUT2D eigenvalue weighted by Gasteiger charge is 2.30. The number of ether oxygens (including phenoxy) is 1. The van der Waals surface area contributed by atoms with Gasteiger partial charge >= 0.3 is 0 Å². The van der Waals surface area contributed by atoms with E-state index < -0.39 is 16.1 Å². The molecule has 0 aromatic carbocycles. The van der Waals surface area contributed by atoms with Gasteiger partial charge in [-0.1, -0.05) is 26.8 Å². The van der Waals surface area contributed by atoms with Crippen LogP contribution in [0.4, 0.5) is 0 Å². The molecule has 1 saturated heterocycles. The van der Waals surface area contributed by atoms with Crippen LogP contribution in [-0.2, 0) is 14.8 Å². The van der Waals surface area contributed by atoms with E-state index in [1.54, 1.807) is 6.08 Å². The van der Waals surface area contributed by atoms with E-state index in [4.69, 9.17) is 9.15 Å². The van der Waals surface area contributed by atoms with Crippen LogP contribution in [0.25, 0.3) is 6.08 Å². The van der Waals surface area contributed by atoms with Gasteiger partial charge in [0.25, 0.3) is 0 Å². The van der Waals surface area contributed by atoms with Crippen LogP contribution in [0.15, 0.2) is 10.5 Å². The lowest BCUT2D eigenvalue weighted by Crippen LogP contribution is -2.41. The number of morpholine rings is 1. The van der Waals surface area contributed by atoms with Crippen LogP contribution < -0.4 is 0 Å². The molecule has 1 aliphatic rings. The van der Waals surface area contributed by atoms with Gasteiger partial charge < -0.3 is 9.15 Å². The minimum atomic E-state index is -3.24. The molecule has 0 bridgehead atoms. The number of hydrogen-bond donors (Lipinski definition) is 0. The molecular formula is C13H21N3O4S. The molecule has 0 N–H and O–H groups in total. The fourth-order valence-corrected chi connectivity index (χ4v) is 2.65. The topological polar surface area (TPSA) is 85.5 Å². The van der Waals surface area contributed by atoms with Crippen LogP contribution in [-0.4, -0.2) is 48.9 Å². The molecule has 1 aliphatic heterocycles. The summed E-state index contributed by atoms with van der Waals surface area (Å²) < 4.78 is 35.6. The molecular weight excluding hydrogens is 294 g/mol. The smallest absolute Gasteiger partial charge is 0.246 e. The summed E-state index contributed by atoms with van der Waals surface area (Å²) in [4.78, 5) is 0. The van der Waals surface area contributed by atoms with Gasteiger partial charge in [0, 0.05) is 13.1 Å². The van der Waals surface area contributed by atoms with Crippen LogP contribution in [0.2, 0.25) is 0 Å². The van der Waals surface area contributed by atoms with E-state index >= 15 is 0 Å². The molecule has 0 amide bonds. The molecule has 1 unspecified atom stereocenters. The maximum absolute atomic E-state index is 11.6. The standard InChI is InChI=1S/C13H21N3O4S/c1-13(2,3)6-5-11-14-15-12(20-11)10-9-16(7-8-19-10)21(4,17)18/h5-6,10H,7-9H2,1-4H3/b6-5+. The summed E-state index contributed by atoms with van der Waals surface area (Å²) in [5.41, 5.74) is 0.0169. The average Bonchev–Trinajstić information content (AvgIpc) is 2.83. The quantitative estimate of drug-likeness (QED) is 0.839. The average molecular weight is 315 g/mol. The number of rotatable bonds is 3. The molecule has 8 heteroatoms. The van der Waals surface area contributed by atoms with Crippen molar-refractivity contribution >= 4 is 16.1 Å². The summed E-state index contributed by atoms with van der Waals surface area (Å²) in [5, 5.41) is 7.87. The maximum Gasteiger partial charge on any atom is 0.246 e. The molecule has 0 aliphatic carbocycles. The van der Waals surface area contributed by atoms with E-state index in [9.17, 15) is 8.42 Å². The first kappa shape index (κ1) is 16.1. The molecule has 0 saturated carbocycles. The third kappa shape index (κ3) is 4.62. The van der Waals surface area contributed by atoms with Crippen LogP contribution >= 0.6 is 0 Å². The Balaban J connectivity index is 2.09. The Morgan fingerprint density at radius 1 is 1.33 bits per heavy atom. The van der Waals surface area contributed by atoms with Crippen molar-refractivity contribution in [2.24, 2.45) is 5.41 Å². The zero-order valence-corrected chi connectivity index (χ0v) is 13.6. The molecule has 0 radical (unpaired) electrons. The van der Waals surface area contributed by atoms with Crippen molar-refractivity contribution in [2.45, 2.75) is 26.9 Å². The molecule has 21 heavy (non-hydrogen) atoms. The molecule has 2 heterocycles. The number of aromatic nitrogens is 2. The number of nitrogens with zero attached hydrogens (tertiary/aromatic N) is 3. The van der Waals surface area contributed by atoms with E-state index in [-0.39, 0.29) is 12.0 Å². The minimum Gasteiger partial charge on any atom is -0.418 e. The first-order chi connectivity index (χ1) is 9.65. The van der Waals surface area contributed by atoms with E-state index in [1.807, 2.05) is 6.08 Å². The van der Waals surface area contributed by atoms with Gasteiger partial charge in [-0.25, -0.2) is 8.42 Å². The van der Waals surface area contributed by atoms with Gasteiger partial charge in [0.05, 0.1) is 12.9 Å². The monoisotopic (exact) mass is 315 g/mol. The van der Waals surface area contributed by atoms with Gasteiger partial charge in [-0.15, -0.1) is 10.2 Å². The zero-order chi connectivity index (χ0) is 15.7. The molecule has 118 valence electrons. The Labute approximate surface area is 125 Å². The van der Waals surface area contributed by atoms with Crippen LogP contribution in [0.1, 0.15) is 38.7 Å². The lowest BCUT2D eigenvalue weighted by atomic mass is 9.96. The SMILES string of the molecule is CC(C)(C)/C=C/c1nnc(C2CN(S(C)(=O)=O)CCO2)o1. The summed E-state index contributed by atoms with van der Waals surface area (Å²) in [6.45, 7) is 7.05. The molecule has 0 spiro atoms. The number of sulfonamides is 1. The summed E-state index contributed by atoms with van der Waals surface area (Å²) in [6.07, 6.45) is 4.39. The molecule has 1 aromatic heterocycles. The first-order valence-corrected chi connectivity index (χ1v) is 8.59. The van der Waals surface area contributed by atoms with Crippen molar-refractivity contribution in [2.75, 3.05) is 26.0 Å². The van der Waals surface area contributed by atoms with Gasteiger partial charge in [0.1, 0.15) is 6.10 Å². The first-order valence-electron chi connectivity index (χ1n) is 6.74. The number of hydrogen-bond acceptors (Lipinski definition) is 6. The summed E-state index contributed by atoms with van der Waals surface area (Å²) in [6, 6.07) is 0. The van der Waals surface area contributed by atoms with Crippen molar-refractivity contribution in [3.05, 3.63) is 17.9 Å².